The molecule has 0 aromatic heterocycles. The van der Waals surface area contributed by atoms with Crippen LogP contribution >= 0.6 is 0 Å². The molecule has 0 saturated heterocycles. The quantitative estimate of drug-likeness (QED) is 0.146. The lowest BCUT2D eigenvalue weighted by Crippen LogP contribution is -2.52. The smallest absolute Gasteiger partial charge is 0.478 e. The van der Waals surface area contributed by atoms with E-state index in [-0.39, 0.29) is 17.9 Å². The molecular weight excluding hydrogens is 648 g/mol. The topological polar surface area (TPSA) is 149 Å². The van der Waals surface area contributed by atoms with E-state index in [1.165, 1.54) is 14.0 Å². The fourth-order valence-corrected chi connectivity index (χ4v) is 4.34. The molecule has 0 bridgehead atoms. The van der Waals surface area contributed by atoms with Crippen LogP contribution < -0.4 is 4.74 Å². The number of nitrogens with zero attached hydrogens (tertiary/aromatic N) is 2. The van der Waals surface area contributed by atoms with Crippen LogP contribution in [0, 0.1) is 5.92 Å². The zero-order valence-electron chi connectivity index (χ0n) is 28.8. The maximum absolute atomic E-state index is 14.9. The summed E-state index contributed by atoms with van der Waals surface area (Å²) in [5.41, 5.74) is -2.75. The average molecular weight is 695 g/mol. The number of carboxylic acid groups (broad SMARTS) is 1. The van der Waals surface area contributed by atoms with Crippen LogP contribution in [0.5, 0.6) is 5.75 Å². The van der Waals surface area contributed by atoms with Crippen molar-refractivity contribution < 1.29 is 65.6 Å². The van der Waals surface area contributed by atoms with Crippen molar-refractivity contribution in [3.05, 3.63) is 29.8 Å². The van der Waals surface area contributed by atoms with Crippen LogP contribution in [0.25, 0.3) is 0 Å². The van der Waals surface area contributed by atoms with Crippen LogP contribution in [-0.4, -0.2) is 101 Å². The van der Waals surface area contributed by atoms with Gasteiger partial charge in [0.1, 0.15) is 29.1 Å². The van der Waals surface area contributed by atoms with Gasteiger partial charge in [-0.25, -0.2) is 23.6 Å². The Bertz CT molecular complexity index is 1270. The molecule has 0 spiro atoms. The van der Waals surface area contributed by atoms with Gasteiger partial charge in [0.15, 0.2) is 6.10 Å². The Morgan fingerprint density at radius 1 is 0.812 bits per heavy atom. The normalized spacial score (nSPS) is 14.6. The highest BCUT2D eigenvalue weighted by Gasteiger charge is 2.40. The van der Waals surface area contributed by atoms with Gasteiger partial charge in [0, 0.05) is 26.9 Å². The van der Waals surface area contributed by atoms with Gasteiger partial charge in [-0.1, -0.05) is 26.0 Å². The van der Waals surface area contributed by atoms with Crippen molar-refractivity contribution in [3.63, 3.8) is 0 Å². The van der Waals surface area contributed by atoms with Gasteiger partial charge in [0.2, 0.25) is 6.10 Å². The number of aliphatic carboxylic acids is 1. The van der Waals surface area contributed by atoms with Crippen molar-refractivity contribution >= 4 is 29.9 Å². The van der Waals surface area contributed by atoms with Crippen molar-refractivity contribution in [1.29, 1.82) is 0 Å². The maximum Gasteiger partial charge on any atom is 0.573 e. The Hall–Kier alpha value is -4.11. The van der Waals surface area contributed by atoms with E-state index < -0.39 is 90.4 Å². The number of alkyl halides is 4. The minimum absolute atomic E-state index is 0.0830. The molecule has 0 fully saturated rings. The number of ether oxygens (including phenoxy) is 4. The van der Waals surface area contributed by atoms with Crippen LogP contribution in [0.15, 0.2) is 24.3 Å². The van der Waals surface area contributed by atoms with Gasteiger partial charge in [-0.3, -0.25) is 9.69 Å². The van der Waals surface area contributed by atoms with E-state index in [0.717, 1.165) is 55.0 Å². The van der Waals surface area contributed by atoms with Gasteiger partial charge in [-0.05, 0) is 71.6 Å². The molecule has 48 heavy (non-hydrogen) atoms. The molecule has 0 aliphatic heterocycles. The second-order valence-corrected chi connectivity index (χ2v) is 13.4. The molecule has 0 aliphatic rings. The van der Waals surface area contributed by atoms with Crippen molar-refractivity contribution in [3.8, 4) is 5.75 Å². The van der Waals surface area contributed by atoms with Crippen LogP contribution in [0.4, 0.5) is 22.4 Å². The summed E-state index contributed by atoms with van der Waals surface area (Å²) in [5.74, 6) is -5.43. The molecule has 1 aromatic carbocycles. The minimum atomic E-state index is -4.94. The first kappa shape index (κ1) is 41.9. The number of carbonyl (C=O) groups is 5. The van der Waals surface area contributed by atoms with Crippen LogP contribution in [-0.2, 0) is 39.8 Å². The summed E-state index contributed by atoms with van der Waals surface area (Å²) >= 11 is 0. The number of benzene rings is 1. The van der Waals surface area contributed by atoms with Crippen molar-refractivity contribution in [2.45, 2.75) is 117 Å². The number of likely N-dealkylation sites (N-methyl/N-ethyl adjacent to an activating group) is 2. The highest BCUT2D eigenvalue weighted by atomic mass is 19.4. The molecule has 1 rings (SSSR count). The molecule has 0 saturated carbocycles. The Morgan fingerprint density at radius 2 is 1.33 bits per heavy atom. The fraction of sp³-hybridized carbons (Fsp3) is 0.656. The first-order valence-corrected chi connectivity index (χ1v) is 15.1. The zero-order valence-corrected chi connectivity index (χ0v) is 28.8. The number of halogens is 4. The molecule has 0 heterocycles. The van der Waals surface area contributed by atoms with Crippen molar-refractivity contribution in [2.24, 2.45) is 5.92 Å². The summed E-state index contributed by atoms with van der Waals surface area (Å²) < 4.78 is 71.9. The summed E-state index contributed by atoms with van der Waals surface area (Å²) in [6.45, 7) is 12.0. The highest BCUT2D eigenvalue weighted by molar-refractivity contribution is 5.90. The summed E-state index contributed by atoms with van der Waals surface area (Å²) in [7, 11) is 2.47. The molecule has 16 heteroatoms. The second-order valence-electron chi connectivity index (χ2n) is 13.4. The summed E-state index contributed by atoms with van der Waals surface area (Å²) in [4.78, 5) is 66.4. The van der Waals surface area contributed by atoms with Crippen LogP contribution in [0.2, 0.25) is 0 Å². The molecule has 2 amide bonds. The van der Waals surface area contributed by atoms with Crippen LogP contribution in [0.3, 0.4) is 0 Å². The van der Waals surface area contributed by atoms with Crippen LogP contribution in [0.1, 0.15) is 73.8 Å². The Balaban J connectivity index is 3.17. The molecule has 1 aromatic rings. The largest absolute Gasteiger partial charge is 0.573 e. The first-order valence-electron chi connectivity index (χ1n) is 15.1. The highest BCUT2D eigenvalue weighted by Crippen LogP contribution is 2.25. The Kier molecular flexibility index (Phi) is 14.7. The average Bonchev–Trinajstić information content (AvgIpc) is 2.91. The lowest BCUT2D eigenvalue weighted by Gasteiger charge is -2.33. The van der Waals surface area contributed by atoms with Crippen molar-refractivity contribution in [2.75, 3.05) is 14.1 Å². The molecule has 0 aliphatic carbocycles. The summed E-state index contributed by atoms with van der Waals surface area (Å²) in [5, 5.41) is 9.70. The Morgan fingerprint density at radius 3 is 1.77 bits per heavy atom. The third-order valence-corrected chi connectivity index (χ3v) is 6.63. The van der Waals surface area contributed by atoms with E-state index >= 15 is 0 Å². The van der Waals surface area contributed by atoms with Gasteiger partial charge >= 0.3 is 30.4 Å². The predicted octanol–water partition coefficient (Wildman–Crippen LogP) is 5.30. The Labute approximate surface area is 277 Å². The molecular formula is C32H46F4N2O10. The molecule has 272 valence electrons. The zero-order chi connectivity index (χ0) is 37.4. The van der Waals surface area contributed by atoms with Gasteiger partial charge in [0.05, 0.1) is 0 Å². The SMILES string of the molecule is CC(C)C[C@@H](C(=O)O[C@@H](C)C(=O)N(C)[C@@H](CC(C)(C)F)C(=O)O[C@@H](Cc1ccc(OC(F)(F)F)cc1)C(=O)O)N(C)C(=O)OC(C)(C)C. The number of carboxylic acids is 1. The lowest BCUT2D eigenvalue weighted by molar-refractivity contribution is -0.274. The molecule has 0 unspecified atom stereocenters. The first-order chi connectivity index (χ1) is 21.7. The van der Waals surface area contributed by atoms with E-state index in [1.807, 2.05) is 13.8 Å². The molecule has 12 nitrogen and oxygen atoms in total. The standard InChI is InChI=1S/C32H46F4N2O10/c1-18(2)15-22(38(10)29(44)48-30(4,5)6)27(42)45-19(3)25(39)37(9)23(17-31(7,8)33)28(43)46-24(26(40)41)16-20-11-13-21(14-12-20)47-32(34,35)36/h11-14,18-19,22-24H,15-17H2,1-10H3,(H,40,41)/t19-,22-,23-,24-/m0/s1. The van der Waals surface area contributed by atoms with Gasteiger partial charge in [0.25, 0.3) is 5.91 Å². The number of hydrogen-bond acceptors (Lipinski definition) is 9. The van der Waals surface area contributed by atoms with Gasteiger partial charge in [-0.15, -0.1) is 13.2 Å². The summed E-state index contributed by atoms with van der Waals surface area (Å²) in [6.07, 6.45) is -10.1. The predicted molar refractivity (Wildman–Crippen MR) is 164 cm³/mol. The number of rotatable bonds is 15. The molecule has 1 N–H and O–H groups in total. The fourth-order valence-electron chi connectivity index (χ4n) is 4.34. The number of esters is 2. The maximum atomic E-state index is 14.9. The number of amides is 2. The number of hydrogen-bond donors (Lipinski definition) is 1. The second kappa shape index (κ2) is 16.8. The minimum Gasteiger partial charge on any atom is -0.478 e. The third kappa shape index (κ3) is 14.8. The lowest BCUT2D eigenvalue weighted by atomic mass is 9.99. The summed E-state index contributed by atoms with van der Waals surface area (Å²) in [6, 6.07) is 1.36. The van der Waals surface area contributed by atoms with E-state index in [0.29, 0.717) is 0 Å². The van der Waals surface area contributed by atoms with E-state index in [1.54, 1.807) is 20.8 Å². The molecule has 4 atom stereocenters. The van der Waals surface area contributed by atoms with Gasteiger partial charge < -0.3 is 29.0 Å². The van der Waals surface area contributed by atoms with Crippen molar-refractivity contribution in [1.82, 2.24) is 9.80 Å². The third-order valence-electron chi connectivity index (χ3n) is 6.63. The van der Waals surface area contributed by atoms with E-state index in [4.69, 9.17) is 14.2 Å². The van der Waals surface area contributed by atoms with E-state index in [9.17, 15) is 46.6 Å². The van der Waals surface area contributed by atoms with Gasteiger partial charge in [-0.2, -0.15) is 0 Å². The monoisotopic (exact) mass is 694 g/mol. The molecule has 0 radical (unpaired) electrons. The van der Waals surface area contributed by atoms with E-state index in [2.05, 4.69) is 4.74 Å². The number of carbonyl (C=O) groups excluding carboxylic acids is 4.